The first-order valence-electron chi connectivity index (χ1n) is 6.12. The summed E-state index contributed by atoms with van der Waals surface area (Å²) in [6, 6.07) is 13.1. The van der Waals surface area contributed by atoms with E-state index in [-0.39, 0.29) is 0 Å². The van der Waals surface area contributed by atoms with E-state index in [2.05, 4.69) is 53.5 Å². The third kappa shape index (κ3) is 1.26. The molecule has 0 spiro atoms. The molecule has 1 aliphatic heterocycles. The van der Waals surface area contributed by atoms with Gasteiger partial charge in [0.05, 0.1) is 5.69 Å². The van der Waals surface area contributed by atoms with Gasteiger partial charge in [0, 0.05) is 11.1 Å². The Kier molecular flexibility index (Phi) is 1.72. The number of rotatable bonds is 0. The highest BCUT2D eigenvalue weighted by Gasteiger charge is 2.16. The summed E-state index contributed by atoms with van der Waals surface area (Å²) in [6.07, 6.45) is 6.87. The maximum absolute atomic E-state index is 3.57. The first-order chi connectivity index (χ1) is 8.42. The number of allylic oxidation sites excluding steroid dienone is 1. The highest BCUT2D eigenvalue weighted by atomic mass is 14.7. The van der Waals surface area contributed by atoms with Gasteiger partial charge in [-0.1, -0.05) is 30.4 Å². The van der Waals surface area contributed by atoms with E-state index in [9.17, 15) is 0 Å². The zero-order valence-corrected chi connectivity index (χ0v) is 9.53. The van der Waals surface area contributed by atoms with Crippen molar-refractivity contribution in [2.24, 2.45) is 0 Å². The first kappa shape index (κ1) is 9.06. The molecule has 0 saturated heterocycles. The third-order valence-corrected chi connectivity index (χ3v) is 3.63. The molecule has 3 aliphatic rings. The van der Waals surface area contributed by atoms with Crippen LogP contribution < -0.4 is 0 Å². The van der Waals surface area contributed by atoms with Gasteiger partial charge in [0.25, 0.3) is 0 Å². The maximum atomic E-state index is 3.57. The monoisotopic (exact) mass is 219 g/mol. The Labute approximate surface area is 100 Å². The molecule has 1 N–H and O–H groups in total. The number of para-hydroxylation sites is 1. The average molecular weight is 219 g/mol. The fourth-order valence-corrected chi connectivity index (χ4v) is 2.78. The molecule has 4 rings (SSSR count). The van der Waals surface area contributed by atoms with Gasteiger partial charge >= 0.3 is 0 Å². The summed E-state index contributed by atoms with van der Waals surface area (Å²) in [5, 5.41) is 1.28. The van der Waals surface area contributed by atoms with Crippen LogP contribution in [-0.2, 0) is 6.42 Å². The predicted molar refractivity (Wildman–Crippen MR) is 72.3 cm³/mol. The zero-order valence-electron chi connectivity index (χ0n) is 9.53. The molecule has 0 fully saturated rings. The van der Waals surface area contributed by atoms with Crippen molar-refractivity contribution < 1.29 is 0 Å². The van der Waals surface area contributed by atoms with Crippen LogP contribution in [0, 0.1) is 0 Å². The fourth-order valence-electron chi connectivity index (χ4n) is 2.78. The van der Waals surface area contributed by atoms with Gasteiger partial charge in [0.2, 0.25) is 0 Å². The molecule has 0 unspecified atom stereocenters. The lowest BCUT2D eigenvalue weighted by Gasteiger charge is -2.08. The maximum Gasteiger partial charge on any atom is 0.0534 e. The number of aryl methyl sites for hydroxylation is 1. The van der Waals surface area contributed by atoms with Crippen LogP contribution in [0.5, 0.6) is 0 Å². The molecule has 1 heterocycles. The molecule has 0 amide bonds. The highest BCUT2D eigenvalue weighted by molar-refractivity contribution is 5.90. The molecule has 1 heteroatoms. The number of hydrogen-bond donors (Lipinski definition) is 1. The second kappa shape index (κ2) is 3.24. The summed E-state index contributed by atoms with van der Waals surface area (Å²) in [5.74, 6) is 0. The highest BCUT2D eigenvalue weighted by Crippen LogP contribution is 2.36. The van der Waals surface area contributed by atoms with Crippen LogP contribution in [0.25, 0.3) is 28.2 Å². The molecule has 0 saturated carbocycles. The molecule has 0 radical (unpaired) electrons. The van der Waals surface area contributed by atoms with Gasteiger partial charge in [0.1, 0.15) is 0 Å². The molecule has 82 valence electrons. The minimum absolute atomic E-state index is 1.17. The van der Waals surface area contributed by atoms with Crippen molar-refractivity contribution in [1.29, 1.82) is 0 Å². The van der Waals surface area contributed by atoms with Gasteiger partial charge in [-0.25, -0.2) is 0 Å². The molecule has 17 heavy (non-hydrogen) atoms. The van der Waals surface area contributed by atoms with Crippen LogP contribution >= 0.6 is 0 Å². The quantitative estimate of drug-likeness (QED) is 0.582. The van der Waals surface area contributed by atoms with Crippen LogP contribution in [0.2, 0.25) is 0 Å². The van der Waals surface area contributed by atoms with Gasteiger partial charge < -0.3 is 4.98 Å². The summed E-state index contributed by atoms with van der Waals surface area (Å²) in [7, 11) is 0. The van der Waals surface area contributed by atoms with E-state index >= 15 is 0 Å². The number of aromatic amines is 1. The van der Waals surface area contributed by atoms with Crippen LogP contribution in [0.4, 0.5) is 0 Å². The molecule has 0 bridgehead atoms. The number of pyridine rings is 1. The van der Waals surface area contributed by atoms with E-state index < -0.39 is 0 Å². The van der Waals surface area contributed by atoms with Crippen molar-refractivity contribution in [3.63, 3.8) is 0 Å². The van der Waals surface area contributed by atoms with Gasteiger partial charge in [-0.3, -0.25) is 0 Å². The largest absolute Gasteiger partial charge is 0.354 e. The Bertz CT molecular complexity index is 703. The fraction of sp³-hybridized carbons (Fsp3) is 0.125. The van der Waals surface area contributed by atoms with Crippen molar-refractivity contribution in [3.05, 3.63) is 53.6 Å². The molecular formula is C16H13N. The Morgan fingerprint density at radius 2 is 2.00 bits per heavy atom. The number of H-pyrrole nitrogens is 1. The van der Waals surface area contributed by atoms with E-state index in [0.29, 0.717) is 0 Å². The molecule has 1 aromatic rings. The number of benzene rings is 1. The van der Waals surface area contributed by atoms with Crippen LogP contribution in [0.15, 0.2) is 42.5 Å². The zero-order chi connectivity index (χ0) is 11.2. The lowest BCUT2D eigenvalue weighted by molar-refractivity contribution is 0.994. The first-order valence-corrected chi connectivity index (χ1v) is 6.12. The van der Waals surface area contributed by atoms with Gasteiger partial charge in [-0.15, -0.1) is 0 Å². The van der Waals surface area contributed by atoms with Gasteiger partial charge in [0.15, 0.2) is 0 Å². The van der Waals surface area contributed by atoms with E-state index in [1.54, 1.807) is 0 Å². The molecule has 1 nitrogen and oxygen atoms in total. The summed E-state index contributed by atoms with van der Waals surface area (Å²) < 4.78 is 0. The summed E-state index contributed by atoms with van der Waals surface area (Å²) in [5.41, 5.74) is 6.70. The van der Waals surface area contributed by atoms with Crippen molar-refractivity contribution >= 4 is 17.0 Å². The molecule has 0 aromatic heterocycles. The lowest BCUT2D eigenvalue weighted by atomic mass is 10.0. The molecule has 1 aromatic carbocycles. The van der Waals surface area contributed by atoms with Crippen molar-refractivity contribution in [3.8, 4) is 11.3 Å². The van der Waals surface area contributed by atoms with Crippen LogP contribution in [-0.4, -0.2) is 4.98 Å². The van der Waals surface area contributed by atoms with Gasteiger partial charge in [-0.05, 0) is 47.6 Å². The minimum atomic E-state index is 1.17. The number of hydrogen-bond acceptors (Lipinski definition) is 0. The minimum Gasteiger partial charge on any atom is -0.354 e. The molecule has 0 atom stereocenters. The van der Waals surface area contributed by atoms with E-state index in [0.717, 1.165) is 0 Å². The smallest absolute Gasteiger partial charge is 0.0534 e. The second-order valence-corrected chi connectivity index (χ2v) is 4.71. The van der Waals surface area contributed by atoms with E-state index in [1.807, 2.05) is 0 Å². The topological polar surface area (TPSA) is 15.8 Å². The number of fused-ring (bicyclic) bond motifs is 4. The molecule has 2 aliphatic carbocycles. The number of nitrogens with one attached hydrogen (secondary N) is 1. The average Bonchev–Trinajstić information content (AvgIpc) is 2.73. The summed E-state index contributed by atoms with van der Waals surface area (Å²) in [4.78, 5) is 3.57. The van der Waals surface area contributed by atoms with Gasteiger partial charge in [-0.2, -0.15) is 0 Å². The van der Waals surface area contributed by atoms with Crippen molar-refractivity contribution in [2.45, 2.75) is 12.8 Å². The lowest BCUT2D eigenvalue weighted by Crippen LogP contribution is -1.90. The predicted octanol–water partition coefficient (Wildman–Crippen LogP) is 4.23. The second-order valence-electron chi connectivity index (χ2n) is 4.71. The summed E-state index contributed by atoms with van der Waals surface area (Å²) >= 11 is 0. The standard InChI is InChI=1S/C16H13N/c1-3-7-14-11(5-1)9-13-10-12-6-2-4-8-15(12)17-16(13)14/h2-4,6-10,17H,1,5H2. The number of aromatic nitrogens is 1. The Morgan fingerprint density at radius 3 is 3.00 bits per heavy atom. The van der Waals surface area contributed by atoms with Crippen LogP contribution in [0.1, 0.15) is 17.5 Å². The Hall–Kier alpha value is -2.02. The molecular weight excluding hydrogens is 206 g/mol. The summed E-state index contributed by atoms with van der Waals surface area (Å²) in [6.45, 7) is 0. The van der Waals surface area contributed by atoms with E-state index in [4.69, 9.17) is 0 Å². The van der Waals surface area contributed by atoms with Crippen molar-refractivity contribution in [2.75, 3.05) is 0 Å². The third-order valence-electron chi connectivity index (χ3n) is 3.63. The van der Waals surface area contributed by atoms with Crippen LogP contribution in [0.3, 0.4) is 0 Å². The SMILES string of the molecule is C1=Cc2c(cc3cc4ccccc4[nH]c2-3)CC1. The Balaban J connectivity index is 2.13. The van der Waals surface area contributed by atoms with Crippen molar-refractivity contribution in [1.82, 2.24) is 4.98 Å². The van der Waals surface area contributed by atoms with E-state index in [1.165, 1.54) is 46.1 Å². The normalized spacial score (nSPS) is 14.4. The Morgan fingerprint density at radius 1 is 1.06 bits per heavy atom.